The molecule has 1 unspecified atom stereocenters. The van der Waals surface area contributed by atoms with Crippen LogP contribution < -0.4 is 5.32 Å². The number of hydrogen-bond donors (Lipinski definition) is 0. The lowest BCUT2D eigenvalue weighted by atomic mass is 10.1. The van der Waals surface area contributed by atoms with Gasteiger partial charge in [-0.3, -0.25) is 4.79 Å². The Morgan fingerprint density at radius 1 is 1.45 bits per heavy atom. The van der Waals surface area contributed by atoms with Crippen molar-refractivity contribution in [1.29, 1.82) is 0 Å². The van der Waals surface area contributed by atoms with E-state index in [1.165, 1.54) is 12.5 Å². The first-order valence-electron chi connectivity index (χ1n) is 4.17. The third-order valence-electron chi connectivity index (χ3n) is 2.01. The smallest absolute Gasteiger partial charge is 0.173 e. The molecule has 1 saturated heterocycles. The van der Waals surface area contributed by atoms with Crippen LogP contribution in [0.3, 0.4) is 0 Å². The summed E-state index contributed by atoms with van der Waals surface area (Å²) in [4.78, 5) is 11.1. The molecule has 1 aliphatic rings. The predicted molar refractivity (Wildman–Crippen MR) is 44.5 cm³/mol. The van der Waals surface area contributed by atoms with E-state index in [4.69, 9.17) is 0 Å². The molecule has 1 rings (SSSR count). The number of ketones is 1. The third kappa shape index (κ3) is 2.46. The van der Waals surface area contributed by atoms with Gasteiger partial charge < -0.3 is 0 Å². The molecule has 1 radical (unpaired) electrons. The predicted octanol–water partition coefficient (Wildman–Crippen LogP) is 1.29. The topological polar surface area (TPSA) is 31.2 Å². The van der Waals surface area contributed by atoms with Crippen molar-refractivity contribution in [1.82, 2.24) is 5.32 Å². The molecular formula is C9H14NO. The van der Waals surface area contributed by atoms with Crippen molar-refractivity contribution in [2.45, 2.75) is 31.7 Å². The lowest BCUT2D eigenvalue weighted by molar-refractivity contribution is -0.116. The van der Waals surface area contributed by atoms with E-state index in [9.17, 15) is 4.79 Å². The van der Waals surface area contributed by atoms with Gasteiger partial charge in [-0.05, 0) is 18.9 Å². The van der Waals surface area contributed by atoms with Crippen LogP contribution in [0.2, 0.25) is 0 Å². The zero-order valence-corrected chi connectivity index (χ0v) is 6.75. The first-order chi connectivity index (χ1) is 5.34. The van der Waals surface area contributed by atoms with Crippen molar-refractivity contribution in [2.24, 2.45) is 0 Å². The minimum Gasteiger partial charge on any atom is -0.293 e. The summed E-state index contributed by atoms with van der Waals surface area (Å²) in [5, 5.41) is 4.27. The Morgan fingerprint density at radius 3 is 3.00 bits per heavy atom. The van der Waals surface area contributed by atoms with E-state index in [0.29, 0.717) is 0 Å². The Balaban J connectivity index is 2.42. The molecule has 11 heavy (non-hydrogen) atoms. The maximum Gasteiger partial charge on any atom is 0.173 e. The van der Waals surface area contributed by atoms with Gasteiger partial charge in [0.25, 0.3) is 0 Å². The summed E-state index contributed by atoms with van der Waals surface area (Å²) in [6.45, 7) is 4.31. The van der Waals surface area contributed by atoms with Gasteiger partial charge in [-0.2, -0.15) is 0 Å². The summed E-state index contributed by atoms with van der Waals surface area (Å²) in [5.74, 6) is 0.0897. The quantitative estimate of drug-likeness (QED) is 0.548. The van der Waals surface area contributed by atoms with E-state index < -0.39 is 0 Å². The highest BCUT2D eigenvalue weighted by Gasteiger charge is 2.17. The zero-order chi connectivity index (χ0) is 8.10. The summed E-state index contributed by atoms with van der Waals surface area (Å²) in [7, 11) is 0. The minimum absolute atomic E-state index is 0.0741. The molecule has 0 bridgehead atoms. The Labute approximate surface area is 67.7 Å². The Hall–Kier alpha value is -0.630. The minimum atomic E-state index is -0.0741. The molecule has 2 nitrogen and oxygen atoms in total. The number of hydrogen-bond acceptors (Lipinski definition) is 1. The second kappa shape index (κ2) is 4.29. The highest BCUT2D eigenvalue weighted by atomic mass is 16.1. The summed E-state index contributed by atoms with van der Waals surface area (Å²) in [6.07, 6.45) is 5.80. The monoisotopic (exact) mass is 152 g/mol. The SMILES string of the molecule is C=CC(=O)C1CCCCC[N]1. The van der Waals surface area contributed by atoms with Crippen LogP contribution in [0, 0.1) is 0 Å². The first kappa shape index (κ1) is 8.47. The standard InChI is InChI=1S/C9H14NO/c1-2-9(11)8-6-4-3-5-7-10-8/h2,8H,1,3-7H2. The largest absolute Gasteiger partial charge is 0.293 e. The van der Waals surface area contributed by atoms with E-state index in [-0.39, 0.29) is 11.8 Å². The Kier molecular flexibility index (Phi) is 3.30. The van der Waals surface area contributed by atoms with Crippen molar-refractivity contribution < 1.29 is 4.79 Å². The molecule has 1 fully saturated rings. The molecule has 61 valence electrons. The second-order valence-corrected chi connectivity index (χ2v) is 2.88. The van der Waals surface area contributed by atoms with Crippen LogP contribution >= 0.6 is 0 Å². The Morgan fingerprint density at radius 2 is 2.27 bits per heavy atom. The maximum absolute atomic E-state index is 11.1. The van der Waals surface area contributed by atoms with E-state index in [1.807, 2.05) is 0 Å². The lowest BCUT2D eigenvalue weighted by Crippen LogP contribution is -2.28. The van der Waals surface area contributed by atoms with Gasteiger partial charge in [0.2, 0.25) is 0 Å². The second-order valence-electron chi connectivity index (χ2n) is 2.88. The average Bonchev–Trinajstić information content (AvgIpc) is 2.30. The highest BCUT2D eigenvalue weighted by Crippen LogP contribution is 2.10. The Bertz CT molecular complexity index is 146. The van der Waals surface area contributed by atoms with Gasteiger partial charge in [0.15, 0.2) is 5.78 Å². The number of carbonyl (C=O) groups excluding carboxylic acids is 1. The molecular weight excluding hydrogens is 138 g/mol. The molecule has 0 aromatic rings. The molecule has 0 N–H and O–H groups in total. The number of rotatable bonds is 2. The van der Waals surface area contributed by atoms with Crippen LogP contribution in [-0.4, -0.2) is 18.4 Å². The van der Waals surface area contributed by atoms with Crippen LogP contribution in [0.1, 0.15) is 25.7 Å². The molecule has 0 saturated carbocycles. The highest BCUT2D eigenvalue weighted by molar-refractivity contribution is 5.93. The average molecular weight is 152 g/mol. The van der Waals surface area contributed by atoms with Gasteiger partial charge in [0.1, 0.15) is 0 Å². The zero-order valence-electron chi connectivity index (χ0n) is 6.75. The summed E-state index contributed by atoms with van der Waals surface area (Å²) < 4.78 is 0. The maximum atomic E-state index is 11.1. The molecule has 0 aromatic heterocycles. The van der Waals surface area contributed by atoms with E-state index in [0.717, 1.165) is 25.8 Å². The normalized spacial score (nSPS) is 25.6. The van der Waals surface area contributed by atoms with Crippen molar-refractivity contribution in [3.05, 3.63) is 12.7 Å². The van der Waals surface area contributed by atoms with Crippen molar-refractivity contribution in [2.75, 3.05) is 6.54 Å². The molecule has 1 aliphatic heterocycles. The molecule has 1 atom stereocenters. The van der Waals surface area contributed by atoms with Crippen LogP contribution in [0.15, 0.2) is 12.7 Å². The number of carbonyl (C=O) groups is 1. The van der Waals surface area contributed by atoms with E-state index >= 15 is 0 Å². The van der Waals surface area contributed by atoms with Crippen LogP contribution in [0.4, 0.5) is 0 Å². The molecule has 0 aliphatic carbocycles. The van der Waals surface area contributed by atoms with Gasteiger partial charge in [-0.15, -0.1) is 0 Å². The van der Waals surface area contributed by atoms with Gasteiger partial charge >= 0.3 is 0 Å². The van der Waals surface area contributed by atoms with Gasteiger partial charge in [-0.25, -0.2) is 5.32 Å². The van der Waals surface area contributed by atoms with Crippen molar-refractivity contribution >= 4 is 5.78 Å². The lowest BCUT2D eigenvalue weighted by Gasteiger charge is -2.08. The van der Waals surface area contributed by atoms with Gasteiger partial charge in [0.05, 0.1) is 6.04 Å². The fourth-order valence-corrected chi connectivity index (χ4v) is 1.33. The van der Waals surface area contributed by atoms with Crippen molar-refractivity contribution in [3.63, 3.8) is 0 Å². The summed E-state index contributed by atoms with van der Waals surface area (Å²) in [6, 6.07) is -0.0741. The summed E-state index contributed by atoms with van der Waals surface area (Å²) >= 11 is 0. The van der Waals surface area contributed by atoms with Crippen LogP contribution in [0.25, 0.3) is 0 Å². The van der Waals surface area contributed by atoms with Gasteiger partial charge in [-0.1, -0.05) is 19.4 Å². The number of nitrogens with zero attached hydrogens (tertiary/aromatic N) is 1. The third-order valence-corrected chi connectivity index (χ3v) is 2.01. The van der Waals surface area contributed by atoms with Crippen molar-refractivity contribution in [3.8, 4) is 0 Å². The fraction of sp³-hybridized carbons (Fsp3) is 0.667. The van der Waals surface area contributed by atoms with E-state index in [2.05, 4.69) is 11.9 Å². The van der Waals surface area contributed by atoms with Gasteiger partial charge in [0, 0.05) is 6.54 Å². The molecule has 0 aromatic carbocycles. The fourth-order valence-electron chi connectivity index (χ4n) is 1.33. The molecule has 0 spiro atoms. The molecule has 1 heterocycles. The van der Waals surface area contributed by atoms with Crippen LogP contribution in [0.5, 0.6) is 0 Å². The molecule has 0 amide bonds. The van der Waals surface area contributed by atoms with Crippen LogP contribution in [-0.2, 0) is 4.79 Å². The first-order valence-corrected chi connectivity index (χ1v) is 4.17. The molecule has 2 heteroatoms. The summed E-state index contributed by atoms with van der Waals surface area (Å²) in [5.41, 5.74) is 0. The van der Waals surface area contributed by atoms with E-state index in [1.54, 1.807) is 0 Å².